The van der Waals surface area contributed by atoms with Crippen LogP contribution in [0.25, 0.3) is 0 Å². The standard InChI is InChI=1S/C16H19FN2O4/c1-10(20)19-7-5-12(6-8-19)16(18-23-11(2)21)14-9-13(17)3-4-15(14)22/h3-4,9,12,22H,5-8H2,1-2H3/b18-16+. The molecule has 1 heterocycles. The van der Waals surface area contributed by atoms with E-state index >= 15 is 0 Å². The summed E-state index contributed by atoms with van der Waals surface area (Å²) in [5, 5.41) is 13.8. The molecule has 1 aromatic rings. The first-order valence-corrected chi connectivity index (χ1v) is 7.38. The molecule has 1 aliphatic rings. The van der Waals surface area contributed by atoms with Crippen LogP contribution in [0.5, 0.6) is 5.75 Å². The first kappa shape index (κ1) is 16.9. The Morgan fingerprint density at radius 2 is 1.96 bits per heavy atom. The van der Waals surface area contributed by atoms with E-state index in [9.17, 15) is 19.1 Å². The van der Waals surface area contributed by atoms with Crippen molar-refractivity contribution in [1.82, 2.24) is 4.90 Å². The summed E-state index contributed by atoms with van der Waals surface area (Å²) in [6, 6.07) is 3.54. The number of piperidine rings is 1. The lowest BCUT2D eigenvalue weighted by molar-refractivity contribution is -0.141. The summed E-state index contributed by atoms with van der Waals surface area (Å²) in [4.78, 5) is 28.9. The Morgan fingerprint density at radius 3 is 2.52 bits per heavy atom. The molecule has 0 unspecified atom stereocenters. The number of rotatable bonds is 3. The fraction of sp³-hybridized carbons (Fsp3) is 0.438. The third-order valence-corrected chi connectivity index (χ3v) is 3.83. The van der Waals surface area contributed by atoms with Crippen LogP contribution in [-0.2, 0) is 14.4 Å². The third kappa shape index (κ3) is 4.28. The number of aromatic hydroxyl groups is 1. The Bertz CT molecular complexity index is 637. The minimum Gasteiger partial charge on any atom is -0.507 e. The Balaban J connectivity index is 2.29. The van der Waals surface area contributed by atoms with Crippen LogP contribution >= 0.6 is 0 Å². The normalized spacial score (nSPS) is 16.3. The SMILES string of the molecule is CC(=O)O/N=C(/c1cc(F)ccc1O)C1CCN(C(C)=O)CC1. The van der Waals surface area contributed by atoms with Crippen molar-refractivity contribution in [2.75, 3.05) is 13.1 Å². The van der Waals surface area contributed by atoms with Crippen LogP contribution in [-0.4, -0.2) is 40.7 Å². The maximum Gasteiger partial charge on any atom is 0.331 e. The lowest BCUT2D eigenvalue weighted by Gasteiger charge is -2.31. The van der Waals surface area contributed by atoms with E-state index in [4.69, 9.17) is 4.84 Å². The van der Waals surface area contributed by atoms with E-state index in [-0.39, 0.29) is 23.1 Å². The van der Waals surface area contributed by atoms with Crippen LogP contribution in [0.4, 0.5) is 4.39 Å². The summed E-state index contributed by atoms with van der Waals surface area (Å²) in [5.41, 5.74) is 0.521. The Kier molecular flexibility index (Phi) is 5.31. The summed E-state index contributed by atoms with van der Waals surface area (Å²) >= 11 is 0. The van der Waals surface area contributed by atoms with Crippen molar-refractivity contribution in [1.29, 1.82) is 0 Å². The molecule has 6 nitrogen and oxygen atoms in total. The molecule has 0 aromatic heterocycles. The fourth-order valence-corrected chi connectivity index (χ4v) is 2.64. The number of amides is 1. The fourth-order valence-electron chi connectivity index (χ4n) is 2.64. The van der Waals surface area contributed by atoms with Gasteiger partial charge in [-0.25, -0.2) is 9.18 Å². The molecule has 1 saturated heterocycles. The van der Waals surface area contributed by atoms with Crippen LogP contribution in [0.2, 0.25) is 0 Å². The van der Waals surface area contributed by atoms with Crippen molar-refractivity contribution in [2.45, 2.75) is 26.7 Å². The molecule has 2 rings (SSSR count). The van der Waals surface area contributed by atoms with Crippen molar-refractivity contribution < 1.29 is 23.9 Å². The second kappa shape index (κ2) is 7.21. The van der Waals surface area contributed by atoms with Crippen LogP contribution in [0.15, 0.2) is 23.4 Å². The zero-order valence-electron chi connectivity index (χ0n) is 13.1. The Morgan fingerprint density at radius 1 is 1.30 bits per heavy atom. The van der Waals surface area contributed by atoms with Gasteiger partial charge in [0.1, 0.15) is 11.6 Å². The second-order valence-electron chi connectivity index (χ2n) is 5.50. The smallest absolute Gasteiger partial charge is 0.331 e. The highest BCUT2D eigenvalue weighted by molar-refractivity contribution is 6.04. The average molecular weight is 322 g/mol. The van der Waals surface area contributed by atoms with Crippen molar-refractivity contribution in [3.05, 3.63) is 29.6 Å². The van der Waals surface area contributed by atoms with E-state index in [0.717, 1.165) is 12.1 Å². The van der Waals surface area contributed by atoms with Crippen molar-refractivity contribution >= 4 is 17.6 Å². The quantitative estimate of drug-likeness (QED) is 0.525. The van der Waals surface area contributed by atoms with Crippen LogP contribution < -0.4 is 0 Å². The zero-order chi connectivity index (χ0) is 17.0. The third-order valence-electron chi connectivity index (χ3n) is 3.83. The Hall–Kier alpha value is -2.44. The van der Waals surface area contributed by atoms with Gasteiger partial charge in [-0.3, -0.25) is 4.79 Å². The molecule has 1 aromatic carbocycles. The number of phenols is 1. The van der Waals surface area contributed by atoms with E-state index in [0.29, 0.717) is 31.6 Å². The van der Waals surface area contributed by atoms with E-state index in [1.807, 2.05) is 0 Å². The molecular weight excluding hydrogens is 303 g/mol. The topological polar surface area (TPSA) is 79.2 Å². The molecule has 0 atom stereocenters. The van der Waals surface area contributed by atoms with Crippen LogP contribution in [0, 0.1) is 11.7 Å². The first-order valence-electron chi connectivity index (χ1n) is 7.38. The largest absolute Gasteiger partial charge is 0.507 e. The predicted molar refractivity (Wildman–Crippen MR) is 81.3 cm³/mol. The molecule has 0 radical (unpaired) electrons. The number of nitrogens with zero attached hydrogens (tertiary/aromatic N) is 2. The summed E-state index contributed by atoms with van der Waals surface area (Å²) in [6.45, 7) is 3.79. The van der Waals surface area contributed by atoms with Gasteiger partial charge in [0.25, 0.3) is 0 Å². The monoisotopic (exact) mass is 322 g/mol. The maximum atomic E-state index is 13.5. The number of likely N-dealkylation sites (tertiary alicyclic amines) is 1. The highest BCUT2D eigenvalue weighted by Crippen LogP contribution is 2.28. The van der Waals surface area contributed by atoms with Gasteiger partial charge in [0.05, 0.1) is 5.71 Å². The predicted octanol–water partition coefficient (Wildman–Crippen LogP) is 2.06. The summed E-state index contributed by atoms with van der Waals surface area (Å²) in [7, 11) is 0. The molecule has 1 fully saturated rings. The number of carbonyl (C=O) groups is 2. The van der Waals surface area contributed by atoms with Gasteiger partial charge >= 0.3 is 5.97 Å². The second-order valence-corrected chi connectivity index (χ2v) is 5.50. The number of hydrogen-bond acceptors (Lipinski definition) is 5. The summed E-state index contributed by atoms with van der Waals surface area (Å²) in [5.74, 6) is -1.39. The number of benzene rings is 1. The number of oxime groups is 1. The molecule has 23 heavy (non-hydrogen) atoms. The number of hydrogen-bond donors (Lipinski definition) is 1. The van der Waals surface area contributed by atoms with Crippen molar-refractivity contribution in [3.63, 3.8) is 0 Å². The van der Waals surface area contributed by atoms with E-state index in [1.165, 1.54) is 19.9 Å². The molecule has 124 valence electrons. The molecule has 1 amide bonds. The average Bonchev–Trinajstić information content (AvgIpc) is 2.51. The van der Waals surface area contributed by atoms with E-state index < -0.39 is 11.8 Å². The van der Waals surface area contributed by atoms with Gasteiger partial charge in [-0.2, -0.15) is 0 Å². The molecule has 0 aliphatic carbocycles. The van der Waals surface area contributed by atoms with E-state index in [1.54, 1.807) is 4.90 Å². The summed E-state index contributed by atoms with van der Waals surface area (Å²) < 4.78 is 13.5. The highest BCUT2D eigenvalue weighted by atomic mass is 19.1. The molecule has 0 saturated carbocycles. The number of carbonyl (C=O) groups excluding carboxylic acids is 2. The lowest BCUT2D eigenvalue weighted by Crippen LogP contribution is -2.39. The minimum absolute atomic E-state index is 0.00414. The van der Waals surface area contributed by atoms with Crippen LogP contribution in [0.1, 0.15) is 32.3 Å². The molecule has 1 aliphatic heterocycles. The molecule has 7 heteroatoms. The summed E-state index contributed by atoms with van der Waals surface area (Å²) in [6.07, 6.45) is 1.19. The number of halogens is 1. The van der Waals surface area contributed by atoms with Crippen molar-refractivity contribution in [3.8, 4) is 5.75 Å². The molecule has 1 N–H and O–H groups in total. The van der Waals surface area contributed by atoms with Gasteiger partial charge in [0.2, 0.25) is 5.91 Å². The highest BCUT2D eigenvalue weighted by Gasteiger charge is 2.28. The van der Waals surface area contributed by atoms with Crippen LogP contribution in [0.3, 0.4) is 0 Å². The van der Waals surface area contributed by atoms with E-state index in [2.05, 4.69) is 5.16 Å². The van der Waals surface area contributed by atoms with Gasteiger partial charge < -0.3 is 14.8 Å². The molecule has 0 bridgehead atoms. The minimum atomic E-state index is -0.598. The molecule has 0 spiro atoms. The van der Waals surface area contributed by atoms with Gasteiger partial charge in [-0.15, -0.1) is 0 Å². The Labute approximate surface area is 133 Å². The molecular formula is C16H19FN2O4. The van der Waals surface area contributed by atoms with Gasteiger partial charge in [0.15, 0.2) is 0 Å². The van der Waals surface area contributed by atoms with Gasteiger partial charge in [0, 0.05) is 38.4 Å². The zero-order valence-corrected chi connectivity index (χ0v) is 13.1. The first-order chi connectivity index (χ1) is 10.9. The van der Waals surface area contributed by atoms with Gasteiger partial charge in [-0.1, -0.05) is 5.16 Å². The van der Waals surface area contributed by atoms with Gasteiger partial charge in [-0.05, 0) is 31.0 Å². The lowest BCUT2D eigenvalue weighted by atomic mass is 9.87. The maximum absolute atomic E-state index is 13.5. The number of phenolic OH excluding ortho intramolecular Hbond substituents is 1. The van der Waals surface area contributed by atoms with Crippen molar-refractivity contribution in [2.24, 2.45) is 11.1 Å².